The van der Waals surface area contributed by atoms with E-state index in [9.17, 15) is 5.11 Å². The largest absolute Gasteiger partial charge is 0.504 e. The Balaban J connectivity index is 2.00. The topological polar surface area (TPSA) is 47.3 Å². The van der Waals surface area contributed by atoms with Crippen LogP contribution in [0, 0.1) is 13.8 Å². The van der Waals surface area contributed by atoms with E-state index in [2.05, 4.69) is 24.2 Å². The fourth-order valence-corrected chi connectivity index (χ4v) is 2.38. The SMILES string of the molecule is COc1cc(-c2cnn(-c3ccc(C)cc3)c2)cc(C)c1O. The maximum atomic E-state index is 9.93. The van der Waals surface area contributed by atoms with E-state index in [-0.39, 0.29) is 5.75 Å². The Morgan fingerprint density at radius 1 is 1.05 bits per heavy atom. The predicted octanol–water partition coefficient (Wildman–Crippen LogP) is 3.87. The first-order valence-electron chi connectivity index (χ1n) is 7.08. The fraction of sp³-hybridized carbons (Fsp3) is 0.167. The maximum Gasteiger partial charge on any atom is 0.161 e. The first-order valence-corrected chi connectivity index (χ1v) is 7.08. The number of ether oxygens (including phenoxy) is 1. The van der Waals surface area contributed by atoms with Crippen LogP contribution in [0.4, 0.5) is 0 Å². The number of methoxy groups -OCH3 is 1. The van der Waals surface area contributed by atoms with Gasteiger partial charge in [-0.15, -0.1) is 0 Å². The zero-order valence-electron chi connectivity index (χ0n) is 12.9. The molecular weight excluding hydrogens is 276 g/mol. The average molecular weight is 294 g/mol. The van der Waals surface area contributed by atoms with Gasteiger partial charge in [0.1, 0.15) is 0 Å². The average Bonchev–Trinajstić information content (AvgIpc) is 3.00. The van der Waals surface area contributed by atoms with Gasteiger partial charge in [0, 0.05) is 11.8 Å². The predicted molar refractivity (Wildman–Crippen MR) is 86.7 cm³/mol. The second kappa shape index (κ2) is 5.56. The molecule has 4 heteroatoms. The van der Waals surface area contributed by atoms with Crippen LogP contribution in [-0.4, -0.2) is 22.0 Å². The lowest BCUT2D eigenvalue weighted by atomic mass is 10.1. The Hall–Kier alpha value is -2.75. The number of aromatic nitrogens is 2. The molecular formula is C18H18N2O2. The number of rotatable bonds is 3. The molecule has 0 unspecified atom stereocenters. The molecule has 0 atom stereocenters. The number of benzene rings is 2. The molecule has 0 aliphatic heterocycles. The molecule has 22 heavy (non-hydrogen) atoms. The van der Waals surface area contributed by atoms with Crippen LogP contribution < -0.4 is 4.74 Å². The summed E-state index contributed by atoms with van der Waals surface area (Å²) in [5.41, 5.74) is 4.94. The third kappa shape index (κ3) is 2.55. The molecule has 4 nitrogen and oxygen atoms in total. The van der Waals surface area contributed by atoms with Gasteiger partial charge in [0.2, 0.25) is 0 Å². The summed E-state index contributed by atoms with van der Waals surface area (Å²) in [5, 5.41) is 14.3. The second-order valence-electron chi connectivity index (χ2n) is 5.35. The summed E-state index contributed by atoms with van der Waals surface area (Å²) in [7, 11) is 1.55. The summed E-state index contributed by atoms with van der Waals surface area (Å²) < 4.78 is 7.05. The van der Waals surface area contributed by atoms with Crippen molar-refractivity contribution in [1.29, 1.82) is 0 Å². The summed E-state index contributed by atoms with van der Waals surface area (Å²) in [6, 6.07) is 11.9. The van der Waals surface area contributed by atoms with Gasteiger partial charge in [-0.25, -0.2) is 4.68 Å². The van der Waals surface area contributed by atoms with Gasteiger partial charge < -0.3 is 9.84 Å². The lowest BCUT2D eigenvalue weighted by molar-refractivity contribution is 0.372. The van der Waals surface area contributed by atoms with Crippen molar-refractivity contribution in [2.24, 2.45) is 0 Å². The minimum Gasteiger partial charge on any atom is -0.504 e. The fourth-order valence-electron chi connectivity index (χ4n) is 2.38. The first-order chi connectivity index (χ1) is 10.6. The van der Waals surface area contributed by atoms with Gasteiger partial charge in [-0.2, -0.15) is 5.10 Å². The third-order valence-electron chi connectivity index (χ3n) is 3.70. The normalized spacial score (nSPS) is 10.7. The molecule has 0 aliphatic rings. The number of phenols is 1. The summed E-state index contributed by atoms with van der Waals surface area (Å²) in [6.07, 6.45) is 3.78. The Kier molecular flexibility index (Phi) is 3.59. The van der Waals surface area contributed by atoms with Crippen LogP contribution in [-0.2, 0) is 0 Å². The zero-order valence-corrected chi connectivity index (χ0v) is 12.9. The molecule has 0 spiro atoms. The number of hydrogen-bond acceptors (Lipinski definition) is 3. The molecule has 112 valence electrons. The van der Waals surface area contributed by atoms with E-state index >= 15 is 0 Å². The van der Waals surface area contributed by atoms with Gasteiger partial charge in [-0.05, 0) is 49.2 Å². The van der Waals surface area contributed by atoms with Gasteiger partial charge in [-0.1, -0.05) is 17.7 Å². The summed E-state index contributed by atoms with van der Waals surface area (Å²) in [6.45, 7) is 3.91. The molecule has 0 fully saturated rings. The number of nitrogens with zero attached hydrogens (tertiary/aromatic N) is 2. The standard InChI is InChI=1S/C18H18N2O2/c1-12-4-6-16(7-5-12)20-11-15(10-19-20)14-8-13(2)18(21)17(9-14)22-3/h4-11,21H,1-3H3. The van der Waals surface area contributed by atoms with Crippen molar-refractivity contribution in [3.8, 4) is 28.3 Å². The smallest absolute Gasteiger partial charge is 0.161 e. The van der Waals surface area contributed by atoms with Gasteiger partial charge in [0.25, 0.3) is 0 Å². The van der Waals surface area contributed by atoms with Crippen molar-refractivity contribution in [1.82, 2.24) is 9.78 Å². The second-order valence-corrected chi connectivity index (χ2v) is 5.35. The minimum atomic E-state index is 0.178. The van der Waals surface area contributed by atoms with Crippen molar-refractivity contribution < 1.29 is 9.84 Å². The monoisotopic (exact) mass is 294 g/mol. The van der Waals surface area contributed by atoms with Crippen LogP contribution in [0.3, 0.4) is 0 Å². The molecule has 0 saturated carbocycles. The molecule has 3 rings (SSSR count). The molecule has 3 aromatic rings. The van der Waals surface area contributed by atoms with Crippen molar-refractivity contribution in [2.45, 2.75) is 13.8 Å². The lowest BCUT2D eigenvalue weighted by Crippen LogP contribution is -1.93. The quantitative estimate of drug-likeness (QED) is 0.797. The van der Waals surface area contributed by atoms with Crippen LogP contribution in [0.15, 0.2) is 48.8 Å². The highest BCUT2D eigenvalue weighted by Gasteiger charge is 2.10. The first kappa shape index (κ1) is 14.2. The summed E-state index contributed by atoms with van der Waals surface area (Å²) >= 11 is 0. The maximum absolute atomic E-state index is 9.93. The summed E-state index contributed by atoms with van der Waals surface area (Å²) in [5.74, 6) is 0.648. The van der Waals surface area contributed by atoms with Crippen molar-refractivity contribution >= 4 is 0 Å². The molecule has 1 N–H and O–H groups in total. The van der Waals surface area contributed by atoms with Crippen LogP contribution >= 0.6 is 0 Å². The Bertz CT molecular complexity index is 804. The van der Waals surface area contributed by atoms with Gasteiger partial charge in [0.05, 0.1) is 19.0 Å². The van der Waals surface area contributed by atoms with Crippen LogP contribution in [0.1, 0.15) is 11.1 Å². The molecule has 0 amide bonds. The van der Waals surface area contributed by atoms with E-state index in [4.69, 9.17) is 4.74 Å². The molecule has 1 heterocycles. The zero-order chi connectivity index (χ0) is 15.7. The number of aromatic hydroxyl groups is 1. The van der Waals surface area contributed by atoms with E-state index in [0.29, 0.717) is 5.75 Å². The lowest BCUT2D eigenvalue weighted by Gasteiger charge is -2.08. The molecule has 0 radical (unpaired) electrons. The van der Waals surface area contributed by atoms with Gasteiger partial charge in [0.15, 0.2) is 11.5 Å². The Morgan fingerprint density at radius 2 is 1.77 bits per heavy atom. The van der Waals surface area contributed by atoms with E-state index in [1.807, 2.05) is 48.3 Å². The molecule has 0 bridgehead atoms. The molecule has 2 aromatic carbocycles. The van der Waals surface area contributed by atoms with E-state index in [0.717, 1.165) is 22.4 Å². The highest BCUT2D eigenvalue weighted by atomic mass is 16.5. The van der Waals surface area contributed by atoms with Gasteiger partial charge >= 0.3 is 0 Å². The van der Waals surface area contributed by atoms with E-state index < -0.39 is 0 Å². The van der Waals surface area contributed by atoms with Crippen molar-refractivity contribution in [3.63, 3.8) is 0 Å². The highest BCUT2D eigenvalue weighted by molar-refractivity contribution is 5.68. The van der Waals surface area contributed by atoms with Crippen LogP contribution in [0.25, 0.3) is 16.8 Å². The number of hydrogen-bond donors (Lipinski definition) is 1. The summed E-state index contributed by atoms with van der Waals surface area (Å²) in [4.78, 5) is 0. The molecule has 0 saturated heterocycles. The van der Waals surface area contributed by atoms with Crippen molar-refractivity contribution in [2.75, 3.05) is 7.11 Å². The number of phenolic OH excluding ortho intramolecular Hbond substituents is 1. The third-order valence-corrected chi connectivity index (χ3v) is 3.70. The van der Waals surface area contributed by atoms with Crippen LogP contribution in [0.2, 0.25) is 0 Å². The van der Waals surface area contributed by atoms with E-state index in [1.165, 1.54) is 5.56 Å². The van der Waals surface area contributed by atoms with Crippen molar-refractivity contribution in [3.05, 3.63) is 59.9 Å². The molecule has 1 aromatic heterocycles. The number of aryl methyl sites for hydroxylation is 2. The Morgan fingerprint density at radius 3 is 2.45 bits per heavy atom. The molecule has 0 aliphatic carbocycles. The minimum absolute atomic E-state index is 0.178. The highest BCUT2D eigenvalue weighted by Crippen LogP contribution is 2.34. The Labute approximate surface area is 129 Å². The van der Waals surface area contributed by atoms with Gasteiger partial charge in [-0.3, -0.25) is 0 Å². The van der Waals surface area contributed by atoms with E-state index in [1.54, 1.807) is 7.11 Å². The van der Waals surface area contributed by atoms with Crippen LogP contribution in [0.5, 0.6) is 11.5 Å².